The fourth-order valence-corrected chi connectivity index (χ4v) is 2.36. The number of carboxylic acid groups (broad SMARTS) is 1. The Balaban J connectivity index is 2.09. The van der Waals surface area contributed by atoms with Crippen molar-refractivity contribution in [2.24, 2.45) is 5.73 Å². The quantitative estimate of drug-likeness (QED) is 0.780. The van der Waals surface area contributed by atoms with Gasteiger partial charge in [-0.15, -0.1) is 11.3 Å². The van der Waals surface area contributed by atoms with Crippen molar-refractivity contribution in [3.05, 3.63) is 11.1 Å². The highest BCUT2D eigenvalue weighted by atomic mass is 32.1. The van der Waals surface area contributed by atoms with Crippen LogP contribution in [0.25, 0.3) is 0 Å². The zero-order chi connectivity index (χ0) is 11.5. The Kier molecular flexibility index (Phi) is 3.37. The number of aromatic nitrogens is 1. The first-order chi connectivity index (χ1) is 7.68. The summed E-state index contributed by atoms with van der Waals surface area (Å²) in [5.41, 5.74) is 5.90. The monoisotopic (exact) mass is 243 g/mol. The Hall–Kier alpha value is -1.18. The molecule has 0 aliphatic carbocycles. The van der Waals surface area contributed by atoms with E-state index in [0.29, 0.717) is 18.9 Å². The van der Waals surface area contributed by atoms with Crippen molar-refractivity contribution in [1.82, 2.24) is 4.98 Å². The lowest BCUT2D eigenvalue weighted by Gasteiger charge is -2.26. The Morgan fingerprint density at radius 2 is 2.31 bits per heavy atom. The van der Waals surface area contributed by atoms with Crippen LogP contribution in [-0.4, -0.2) is 42.4 Å². The highest BCUT2D eigenvalue weighted by molar-refractivity contribution is 7.13. The third-order valence-electron chi connectivity index (χ3n) is 2.38. The largest absolute Gasteiger partial charge is 0.480 e. The van der Waals surface area contributed by atoms with Gasteiger partial charge in [-0.3, -0.25) is 4.79 Å². The van der Waals surface area contributed by atoms with Crippen LogP contribution in [0.2, 0.25) is 0 Å². The molecule has 0 aromatic carbocycles. The molecule has 0 spiro atoms. The first-order valence-corrected chi connectivity index (χ1v) is 5.83. The molecule has 1 aliphatic heterocycles. The molecule has 7 heteroatoms. The van der Waals surface area contributed by atoms with Crippen LogP contribution in [0.3, 0.4) is 0 Å². The van der Waals surface area contributed by atoms with Crippen LogP contribution in [0.15, 0.2) is 5.38 Å². The third kappa shape index (κ3) is 2.31. The summed E-state index contributed by atoms with van der Waals surface area (Å²) >= 11 is 1.42. The van der Waals surface area contributed by atoms with Gasteiger partial charge in [-0.2, -0.15) is 0 Å². The maximum atomic E-state index is 10.7. The van der Waals surface area contributed by atoms with Gasteiger partial charge in [0.2, 0.25) is 0 Å². The van der Waals surface area contributed by atoms with E-state index in [1.807, 2.05) is 0 Å². The molecule has 2 heterocycles. The van der Waals surface area contributed by atoms with E-state index in [0.717, 1.165) is 18.2 Å². The molecule has 0 bridgehead atoms. The van der Waals surface area contributed by atoms with Gasteiger partial charge in [0.1, 0.15) is 6.04 Å². The summed E-state index contributed by atoms with van der Waals surface area (Å²) in [5.74, 6) is -1.06. The second kappa shape index (κ2) is 4.77. The Bertz CT molecular complexity index is 376. The van der Waals surface area contributed by atoms with Crippen LogP contribution < -0.4 is 10.6 Å². The molecule has 1 aromatic rings. The number of aliphatic carboxylic acids is 1. The Morgan fingerprint density at radius 1 is 1.62 bits per heavy atom. The smallest absolute Gasteiger partial charge is 0.326 e. The zero-order valence-electron chi connectivity index (χ0n) is 8.63. The maximum Gasteiger partial charge on any atom is 0.326 e. The average molecular weight is 243 g/mol. The number of hydrogen-bond donors (Lipinski definition) is 2. The standard InChI is InChI=1S/C9H13N3O3S/c10-7(8(13)14)6-5-16-9(11-6)12-1-3-15-4-2-12/h5,7H,1-4,10H2,(H,13,14). The van der Waals surface area contributed by atoms with Crippen molar-refractivity contribution in [3.63, 3.8) is 0 Å². The minimum absolute atomic E-state index is 0.416. The first kappa shape index (κ1) is 11.3. The minimum Gasteiger partial charge on any atom is -0.480 e. The van der Waals surface area contributed by atoms with Gasteiger partial charge in [-0.25, -0.2) is 4.98 Å². The summed E-state index contributed by atoms with van der Waals surface area (Å²) in [7, 11) is 0. The number of hydrogen-bond acceptors (Lipinski definition) is 6. The molecular weight excluding hydrogens is 230 g/mol. The zero-order valence-corrected chi connectivity index (χ0v) is 9.44. The van der Waals surface area contributed by atoms with Gasteiger partial charge in [-0.05, 0) is 0 Å². The van der Waals surface area contributed by atoms with E-state index in [1.165, 1.54) is 11.3 Å². The van der Waals surface area contributed by atoms with Gasteiger partial charge in [-0.1, -0.05) is 0 Å². The van der Waals surface area contributed by atoms with E-state index in [-0.39, 0.29) is 0 Å². The topological polar surface area (TPSA) is 88.7 Å². The lowest BCUT2D eigenvalue weighted by molar-refractivity contribution is -0.138. The van der Waals surface area contributed by atoms with Crippen molar-refractivity contribution < 1.29 is 14.6 Å². The predicted octanol–water partition coefficient (Wildman–Crippen LogP) is 0.0641. The molecule has 1 saturated heterocycles. The number of nitrogens with zero attached hydrogens (tertiary/aromatic N) is 2. The molecule has 0 saturated carbocycles. The van der Waals surface area contributed by atoms with Gasteiger partial charge >= 0.3 is 5.97 Å². The van der Waals surface area contributed by atoms with Gasteiger partial charge < -0.3 is 20.5 Å². The molecule has 1 unspecified atom stereocenters. The summed E-state index contributed by atoms with van der Waals surface area (Å²) in [4.78, 5) is 17.0. The molecule has 6 nitrogen and oxygen atoms in total. The van der Waals surface area contributed by atoms with Gasteiger partial charge in [0.25, 0.3) is 0 Å². The summed E-state index contributed by atoms with van der Waals surface area (Å²) in [6.45, 7) is 2.93. The van der Waals surface area contributed by atoms with Gasteiger partial charge in [0.15, 0.2) is 5.13 Å². The van der Waals surface area contributed by atoms with Crippen molar-refractivity contribution in [2.75, 3.05) is 31.2 Å². The van der Waals surface area contributed by atoms with E-state index in [2.05, 4.69) is 9.88 Å². The molecule has 1 aliphatic rings. The number of carbonyl (C=O) groups is 1. The second-order valence-electron chi connectivity index (χ2n) is 3.47. The SMILES string of the molecule is NC(C(=O)O)c1csc(N2CCOCC2)n1. The summed E-state index contributed by atoms with van der Waals surface area (Å²) in [6, 6.07) is -1.04. The molecule has 2 rings (SSSR count). The normalized spacial score (nSPS) is 18.4. The lowest BCUT2D eigenvalue weighted by Crippen LogP contribution is -2.36. The van der Waals surface area contributed by atoms with Gasteiger partial charge in [0, 0.05) is 18.5 Å². The van der Waals surface area contributed by atoms with Crippen LogP contribution in [0.4, 0.5) is 5.13 Å². The van der Waals surface area contributed by atoms with Crippen LogP contribution in [0.5, 0.6) is 0 Å². The molecule has 16 heavy (non-hydrogen) atoms. The maximum absolute atomic E-state index is 10.7. The van der Waals surface area contributed by atoms with E-state index in [1.54, 1.807) is 5.38 Å². The van der Waals surface area contributed by atoms with E-state index >= 15 is 0 Å². The molecule has 1 atom stereocenters. The number of anilines is 1. The molecule has 0 radical (unpaired) electrons. The number of morpholine rings is 1. The van der Waals surface area contributed by atoms with Crippen LogP contribution >= 0.6 is 11.3 Å². The second-order valence-corrected chi connectivity index (χ2v) is 4.31. The number of nitrogens with two attached hydrogens (primary N) is 1. The molecular formula is C9H13N3O3S. The highest BCUT2D eigenvalue weighted by Crippen LogP contribution is 2.24. The lowest BCUT2D eigenvalue weighted by atomic mass is 10.2. The number of carboxylic acids is 1. The number of ether oxygens (including phenoxy) is 1. The number of rotatable bonds is 3. The molecule has 3 N–H and O–H groups in total. The van der Waals surface area contributed by atoms with Crippen molar-refractivity contribution in [3.8, 4) is 0 Å². The number of thiazole rings is 1. The molecule has 88 valence electrons. The molecule has 1 aromatic heterocycles. The van der Waals surface area contributed by atoms with Crippen LogP contribution in [-0.2, 0) is 9.53 Å². The van der Waals surface area contributed by atoms with E-state index < -0.39 is 12.0 Å². The average Bonchev–Trinajstić information content (AvgIpc) is 2.78. The summed E-state index contributed by atoms with van der Waals surface area (Å²) in [6.07, 6.45) is 0. The Morgan fingerprint density at radius 3 is 2.94 bits per heavy atom. The highest BCUT2D eigenvalue weighted by Gasteiger charge is 2.20. The van der Waals surface area contributed by atoms with Crippen molar-refractivity contribution in [1.29, 1.82) is 0 Å². The van der Waals surface area contributed by atoms with Crippen LogP contribution in [0.1, 0.15) is 11.7 Å². The summed E-state index contributed by atoms with van der Waals surface area (Å²) in [5, 5.41) is 11.3. The fourth-order valence-electron chi connectivity index (χ4n) is 1.45. The minimum atomic E-state index is -1.06. The van der Waals surface area contributed by atoms with Crippen molar-refractivity contribution >= 4 is 22.4 Å². The third-order valence-corrected chi connectivity index (χ3v) is 3.30. The molecule has 1 fully saturated rings. The van der Waals surface area contributed by atoms with Crippen molar-refractivity contribution in [2.45, 2.75) is 6.04 Å². The summed E-state index contributed by atoms with van der Waals surface area (Å²) < 4.78 is 5.23. The van der Waals surface area contributed by atoms with Crippen LogP contribution in [0, 0.1) is 0 Å². The molecule has 0 amide bonds. The van der Waals surface area contributed by atoms with Gasteiger partial charge in [0.05, 0.1) is 18.9 Å². The predicted molar refractivity (Wildman–Crippen MR) is 59.7 cm³/mol. The first-order valence-electron chi connectivity index (χ1n) is 4.95. The Labute approximate surface area is 96.6 Å². The van der Waals surface area contributed by atoms with E-state index in [9.17, 15) is 4.79 Å². The van der Waals surface area contributed by atoms with E-state index in [4.69, 9.17) is 15.6 Å². The fraction of sp³-hybridized carbons (Fsp3) is 0.556.